The maximum atomic E-state index is 0. The average molecular weight is 180 g/mol. The molecule has 0 heterocycles. The summed E-state index contributed by atoms with van der Waals surface area (Å²) < 4.78 is 0. The molecule has 5 heavy (non-hydrogen) atoms. The largest absolute Gasteiger partial charge is 0.316 e. The Hall–Kier alpha value is 2.93. The summed E-state index contributed by atoms with van der Waals surface area (Å²) >= 11 is 0. The second-order valence-corrected chi connectivity index (χ2v) is 0. The molecule has 0 bridgehead atoms. The van der Waals surface area contributed by atoms with E-state index in [1.807, 2.05) is 0 Å². The zero-order chi connectivity index (χ0) is 0. The van der Waals surface area contributed by atoms with Crippen LogP contribution in [-0.4, -0.2) is 80.2 Å². The molecule has 5 heteroatoms. The van der Waals surface area contributed by atoms with Crippen molar-refractivity contribution in [2.75, 3.05) is 0 Å². The molecule has 0 aliphatic carbocycles. The smallest absolute Gasteiger partial charge is 0.0149 e. The van der Waals surface area contributed by atoms with E-state index in [0.29, 0.717) is 0 Å². The third-order valence-corrected chi connectivity index (χ3v) is 0. The van der Waals surface area contributed by atoms with Crippen LogP contribution >= 0.6 is 0 Å². The van der Waals surface area contributed by atoms with Crippen LogP contribution in [0.2, 0.25) is 0 Å². The Kier molecular flexibility index (Phi) is 252. The predicted molar refractivity (Wildman–Crippen MR) is 38.4 cm³/mol. The summed E-state index contributed by atoms with van der Waals surface area (Å²) in [5, 5.41) is 0. The first kappa shape index (κ1) is 44.3. The number of rotatable bonds is 0. The van der Waals surface area contributed by atoms with Crippen molar-refractivity contribution in [2.45, 2.75) is 0 Å². The van der Waals surface area contributed by atoms with E-state index in [1.54, 1.807) is 0 Å². The number of hydrogen-bond donors (Lipinski definition) is 0. The van der Waals surface area contributed by atoms with Gasteiger partial charge in [0.15, 0.2) is 0 Å². The minimum atomic E-state index is 0. The van der Waals surface area contributed by atoms with Crippen LogP contribution in [0, 0.1) is 0 Å². The molecular formula is H11BCaMgSiZn. The molecule has 0 N–H and O–H groups in total. The van der Waals surface area contributed by atoms with Crippen molar-refractivity contribution in [3.8, 4) is 0 Å². The molecule has 0 aromatic rings. The first-order chi connectivity index (χ1) is 0. The quantitative estimate of drug-likeness (QED) is 0.329. The van der Waals surface area contributed by atoms with Gasteiger partial charge in [-0.3, -0.25) is 0 Å². The van der Waals surface area contributed by atoms with Crippen LogP contribution in [0.15, 0.2) is 0 Å². The summed E-state index contributed by atoms with van der Waals surface area (Å²) in [6.07, 6.45) is 0. The van der Waals surface area contributed by atoms with E-state index in [-0.39, 0.29) is 99.6 Å². The Labute approximate surface area is 97.7 Å². The van der Waals surface area contributed by atoms with Gasteiger partial charge in [-0.15, -0.1) is 0 Å². The summed E-state index contributed by atoms with van der Waals surface area (Å²) in [7, 11) is 0. The molecule has 0 nitrogen and oxygen atoms in total. The van der Waals surface area contributed by atoms with E-state index in [0.717, 1.165) is 0 Å². The normalized spacial score (nSPS) is 0. The number of hydrogen-bond acceptors (Lipinski definition) is 0. The fraction of sp³-hybridized carbons (Fsp3) is 0. The molecule has 0 saturated heterocycles. The second kappa shape index (κ2) is 28.4. The summed E-state index contributed by atoms with van der Waals surface area (Å²) in [4.78, 5) is 0. The summed E-state index contributed by atoms with van der Waals surface area (Å²) in [6, 6.07) is 0. The van der Waals surface area contributed by atoms with E-state index in [4.69, 9.17) is 0 Å². The average Bonchev–Trinajstić information content (AvgIpc) is 0. The molecule has 24 valence electrons. The van der Waals surface area contributed by atoms with Crippen molar-refractivity contribution in [1.82, 2.24) is 0 Å². The van der Waals surface area contributed by atoms with Crippen LogP contribution in [0.4, 0.5) is 0 Å². The Morgan fingerprint density at radius 1 is 1.00 bits per heavy atom. The molecule has 0 aliphatic heterocycles. The van der Waals surface area contributed by atoms with Crippen LogP contribution < -0.4 is 0 Å². The molecule has 0 aliphatic rings. The van der Waals surface area contributed by atoms with Crippen LogP contribution in [0.3, 0.4) is 0 Å². The first-order valence-corrected chi connectivity index (χ1v) is 0. The fourth-order valence-electron chi connectivity index (χ4n) is 0. The van der Waals surface area contributed by atoms with Gasteiger partial charge in [-0.1, -0.05) is 0 Å². The maximum Gasteiger partial charge on any atom is 0.316 e. The van der Waals surface area contributed by atoms with E-state index in [2.05, 4.69) is 0 Å². The minimum absolute atomic E-state index is 0. The van der Waals surface area contributed by atoms with Gasteiger partial charge in [0.2, 0.25) is 0 Å². The molecule has 0 radical (unpaired) electrons. The molecule has 0 unspecified atom stereocenters. The molecule has 0 atom stereocenters. The van der Waals surface area contributed by atoms with E-state index in [9.17, 15) is 0 Å². The van der Waals surface area contributed by atoms with Crippen molar-refractivity contribution in [3.63, 3.8) is 0 Å². The Balaban J connectivity index is 0. The summed E-state index contributed by atoms with van der Waals surface area (Å²) in [5.74, 6) is 0. The molecule has 0 aromatic carbocycles. The second-order valence-electron chi connectivity index (χ2n) is 0. The molecule has 0 fully saturated rings. The molecule has 0 saturated carbocycles. The Bertz CT molecular complexity index is 11.6. The van der Waals surface area contributed by atoms with Crippen molar-refractivity contribution in [1.29, 1.82) is 0 Å². The summed E-state index contributed by atoms with van der Waals surface area (Å²) in [6.45, 7) is 0. The van der Waals surface area contributed by atoms with Crippen LogP contribution in [0.1, 0.15) is 0 Å². The molecule has 0 spiro atoms. The van der Waals surface area contributed by atoms with Gasteiger partial charge >= 0.3 is 60.8 Å². The Morgan fingerprint density at radius 3 is 1.00 bits per heavy atom. The topological polar surface area (TPSA) is 0 Å². The first-order valence-electron chi connectivity index (χ1n) is 0. The zero-order valence-electron chi connectivity index (χ0n) is 0.707. The summed E-state index contributed by atoms with van der Waals surface area (Å²) in [5.41, 5.74) is 0. The van der Waals surface area contributed by atoms with Gasteiger partial charge in [0, 0.05) is 19.5 Å². The van der Waals surface area contributed by atoms with Crippen molar-refractivity contribution < 1.29 is 19.5 Å². The third-order valence-electron chi connectivity index (χ3n) is 0. The van der Waals surface area contributed by atoms with Crippen molar-refractivity contribution >= 4 is 80.2 Å². The molecule has 0 rings (SSSR count). The van der Waals surface area contributed by atoms with Gasteiger partial charge in [-0.05, 0) is 11.0 Å². The van der Waals surface area contributed by atoms with Crippen LogP contribution in [0.25, 0.3) is 0 Å². The SMILES string of the molecule is B.[CaH2].[MgH2].[SiH4].[Zn]. The zero-order valence-corrected chi connectivity index (χ0v) is 3.67. The van der Waals surface area contributed by atoms with Crippen molar-refractivity contribution in [3.05, 3.63) is 0 Å². The van der Waals surface area contributed by atoms with Crippen molar-refractivity contribution in [2.24, 2.45) is 0 Å². The van der Waals surface area contributed by atoms with Gasteiger partial charge in [0.1, 0.15) is 0 Å². The maximum absolute atomic E-state index is 0. The van der Waals surface area contributed by atoms with Gasteiger partial charge in [-0.2, -0.15) is 0 Å². The third kappa shape index (κ3) is 19.6. The van der Waals surface area contributed by atoms with Crippen LogP contribution in [-0.2, 0) is 19.5 Å². The fourth-order valence-corrected chi connectivity index (χ4v) is 0. The Morgan fingerprint density at radius 2 is 1.00 bits per heavy atom. The van der Waals surface area contributed by atoms with Gasteiger partial charge < -0.3 is 0 Å². The molecular weight excluding hydrogens is 169 g/mol. The van der Waals surface area contributed by atoms with E-state index >= 15 is 0 Å². The van der Waals surface area contributed by atoms with Gasteiger partial charge in [0.25, 0.3) is 0 Å². The van der Waals surface area contributed by atoms with E-state index in [1.165, 1.54) is 0 Å². The monoisotopic (exact) mass is 178 g/mol. The predicted octanol–water partition coefficient (Wildman–Crippen LogP) is -4.47. The van der Waals surface area contributed by atoms with Crippen LogP contribution in [0.5, 0.6) is 0 Å². The minimum Gasteiger partial charge on any atom is -0.0149 e. The molecule has 0 amide bonds. The standard InChI is InChI=1S/BH3.Ca.Mg.H4Si.Zn.4H/h1H3;;;1H4;;;;;. The van der Waals surface area contributed by atoms with E-state index < -0.39 is 0 Å². The van der Waals surface area contributed by atoms with Gasteiger partial charge in [0.05, 0.1) is 8.41 Å². The molecule has 0 aromatic heterocycles. The van der Waals surface area contributed by atoms with Gasteiger partial charge in [-0.25, -0.2) is 0 Å².